The van der Waals surface area contributed by atoms with Crippen LogP contribution in [0.4, 0.5) is 17.3 Å². The van der Waals surface area contributed by atoms with Gasteiger partial charge >= 0.3 is 0 Å². The minimum absolute atomic E-state index is 0.224. The molecule has 5 aromatic rings. The molecule has 0 bridgehead atoms. The molecule has 234 valence electrons. The maximum atomic E-state index is 10.8. The smallest absolute Gasteiger partial charge is 0.248 e. The summed E-state index contributed by atoms with van der Waals surface area (Å²) in [5.74, 6) is 1.28. The second-order valence-corrected chi connectivity index (χ2v) is 11.1. The maximum absolute atomic E-state index is 10.8. The fraction of sp³-hybridized carbons (Fsp3) is 0.235. The summed E-state index contributed by atoms with van der Waals surface area (Å²) in [4.78, 5) is 48.8. The van der Waals surface area contributed by atoms with Crippen molar-refractivity contribution in [3.05, 3.63) is 89.1 Å². The Bertz CT molecular complexity index is 1950. The van der Waals surface area contributed by atoms with Gasteiger partial charge in [0.05, 0.1) is 24.5 Å². The Hall–Kier alpha value is -5.62. The molecule has 0 spiro atoms. The van der Waals surface area contributed by atoms with E-state index in [2.05, 4.69) is 38.0 Å². The molecule has 2 aliphatic rings. The summed E-state index contributed by atoms with van der Waals surface area (Å²) in [6.07, 6.45) is 5.74. The van der Waals surface area contributed by atoms with Gasteiger partial charge in [0, 0.05) is 43.0 Å². The highest BCUT2D eigenvalue weighted by atomic mass is 16.5. The van der Waals surface area contributed by atoms with Gasteiger partial charge in [-0.1, -0.05) is 6.07 Å². The van der Waals surface area contributed by atoms with Crippen LogP contribution in [0.15, 0.2) is 66.9 Å². The van der Waals surface area contributed by atoms with Crippen LogP contribution >= 0.6 is 0 Å². The molecule has 46 heavy (non-hydrogen) atoms. The SMILES string of the molecule is CC(=O)Nc1ccc(C(N)=O)cc1C=O.Nc1ncccc1-c1nc2ccc(N3CCOCC3)nc2n1-c1ccc2c(c1)CCC2. The molecular formula is C34H34N8O4. The van der Waals surface area contributed by atoms with E-state index >= 15 is 0 Å². The predicted molar refractivity (Wildman–Crippen MR) is 176 cm³/mol. The topological polar surface area (TPSA) is 171 Å². The quantitative estimate of drug-likeness (QED) is 0.238. The number of carbonyl (C=O) groups is 3. The molecule has 7 rings (SSSR count). The third-order valence-electron chi connectivity index (χ3n) is 8.02. The first kappa shape index (κ1) is 30.4. The third kappa shape index (κ3) is 6.28. The van der Waals surface area contributed by atoms with E-state index in [0.717, 1.165) is 73.2 Å². The van der Waals surface area contributed by atoms with Gasteiger partial charge in [-0.3, -0.25) is 19.0 Å². The molecular weight excluding hydrogens is 584 g/mol. The van der Waals surface area contributed by atoms with E-state index in [0.29, 0.717) is 17.8 Å². The van der Waals surface area contributed by atoms with E-state index < -0.39 is 5.91 Å². The van der Waals surface area contributed by atoms with Crippen molar-refractivity contribution in [2.75, 3.05) is 42.3 Å². The lowest BCUT2D eigenvalue weighted by Gasteiger charge is -2.27. The van der Waals surface area contributed by atoms with Crippen molar-refractivity contribution in [3.63, 3.8) is 0 Å². The number of fused-ring (bicyclic) bond motifs is 2. The van der Waals surface area contributed by atoms with Crippen LogP contribution in [-0.2, 0) is 22.4 Å². The number of primary amides is 1. The lowest BCUT2D eigenvalue weighted by molar-refractivity contribution is -0.114. The molecule has 1 aliphatic carbocycles. The van der Waals surface area contributed by atoms with Crippen LogP contribution in [0.3, 0.4) is 0 Å². The summed E-state index contributed by atoms with van der Waals surface area (Å²) in [6, 6.07) is 18.9. The molecule has 1 fully saturated rings. The molecule has 3 aromatic heterocycles. The minimum atomic E-state index is -0.618. The Morgan fingerprint density at radius 3 is 2.52 bits per heavy atom. The maximum Gasteiger partial charge on any atom is 0.248 e. The molecule has 0 radical (unpaired) electrons. The van der Waals surface area contributed by atoms with E-state index in [4.69, 9.17) is 26.2 Å². The Labute approximate surface area is 265 Å². The highest BCUT2D eigenvalue weighted by Gasteiger charge is 2.21. The fourth-order valence-corrected chi connectivity index (χ4v) is 5.76. The van der Waals surface area contributed by atoms with Gasteiger partial charge in [-0.05, 0) is 85.0 Å². The van der Waals surface area contributed by atoms with Gasteiger partial charge in [0.15, 0.2) is 17.8 Å². The molecule has 2 aromatic carbocycles. The first-order valence-corrected chi connectivity index (χ1v) is 15.0. The first-order valence-electron chi connectivity index (χ1n) is 15.0. The summed E-state index contributed by atoms with van der Waals surface area (Å²) >= 11 is 0. The number of morpholine rings is 1. The van der Waals surface area contributed by atoms with E-state index in [1.165, 1.54) is 42.7 Å². The zero-order valence-electron chi connectivity index (χ0n) is 25.4. The van der Waals surface area contributed by atoms with E-state index in [1.54, 1.807) is 6.20 Å². The summed E-state index contributed by atoms with van der Waals surface area (Å²) in [7, 11) is 0. The normalized spacial score (nSPS) is 13.9. The number of nitrogens with one attached hydrogen (secondary N) is 1. The molecule has 0 saturated carbocycles. The Kier molecular flexibility index (Phi) is 8.70. The number of pyridine rings is 2. The van der Waals surface area contributed by atoms with Crippen LogP contribution in [-0.4, -0.2) is 63.9 Å². The highest BCUT2D eigenvalue weighted by Crippen LogP contribution is 2.33. The molecule has 2 amide bonds. The number of aromatic nitrogens is 4. The van der Waals surface area contributed by atoms with Crippen LogP contribution in [0.1, 0.15) is 45.2 Å². The number of rotatable bonds is 6. The lowest BCUT2D eigenvalue weighted by Crippen LogP contribution is -2.36. The molecule has 12 nitrogen and oxygen atoms in total. The lowest BCUT2D eigenvalue weighted by atomic mass is 10.1. The number of nitrogen functional groups attached to an aromatic ring is 1. The molecule has 1 aliphatic heterocycles. The van der Waals surface area contributed by atoms with Crippen molar-refractivity contribution in [2.24, 2.45) is 5.73 Å². The van der Waals surface area contributed by atoms with Gasteiger partial charge in [0.25, 0.3) is 0 Å². The monoisotopic (exact) mass is 618 g/mol. The number of anilines is 3. The average Bonchev–Trinajstić information content (AvgIpc) is 3.69. The van der Waals surface area contributed by atoms with E-state index in [1.807, 2.05) is 24.3 Å². The second kappa shape index (κ2) is 13.2. The van der Waals surface area contributed by atoms with Gasteiger partial charge in [-0.15, -0.1) is 0 Å². The number of nitrogens with two attached hydrogens (primary N) is 2. The largest absolute Gasteiger partial charge is 0.383 e. The van der Waals surface area contributed by atoms with Crippen molar-refractivity contribution >= 4 is 46.6 Å². The minimum Gasteiger partial charge on any atom is -0.383 e. The highest BCUT2D eigenvalue weighted by molar-refractivity contribution is 5.99. The summed E-state index contributed by atoms with van der Waals surface area (Å²) in [6.45, 7) is 4.46. The van der Waals surface area contributed by atoms with Crippen molar-refractivity contribution in [1.29, 1.82) is 0 Å². The van der Waals surface area contributed by atoms with Crippen LogP contribution in [0.25, 0.3) is 28.2 Å². The number of nitrogens with zero attached hydrogens (tertiary/aromatic N) is 5. The van der Waals surface area contributed by atoms with Crippen molar-refractivity contribution in [3.8, 4) is 17.1 Å². The first-order chi connectivity index (χ1) is 22.3. The van der Waals surface area contributed by atoms with Crippen LogP contribution in [0.5, 0.6) is 0 Å². The number of amides is 2. The zero-order chi connectivity index (χ0) is 32.2. The van der Waals surface area contributed by atoms with Crippen molar-refractivity contribution in [2.45, 2.75) is 26.2 Å². The number of imidazole rings is 1. The number of benzene rings is 2. The second-order valence-electron chi connectivity index (χ2n) is 11.1. The summed E-state index contributed by atoms with van der Waals surface area (Å²) < 4.78 is 7.64. The molecule has 5 N–H and O–H groups in total. The summed E-state index contributed by atoms with van der Waals surface area (Å²) in [5.41, 5.74) is 18.5. The summed E-state index contributed by atoms with van der Waals surface area (Å²) in [5, 5.41) is 2.47. The number of hydrogen-bond donors (Lipinski definition) is 3. The molecule has 0 unspecified atom stereocenters. The Morgan fingerprint density at radius 1 is 0.978 bits per heavy atom. The number of aryl methyl sites for hydroxylation is 2. The van der Waals surface area contributed by atoms with Crippen molar-refractivity contribution in [1.82, 2.24) is 19.5 Å². The van der Waals surface area contributed by atoms with Gasteiger partial charge < -0.3 is 26.4 Å². The number of ether oxygens (including phenoxy) is 1. The standard InChI is InChI=1S/C24H24N6O.C10H10N2O3/c25-22-19(5-2-10-26-22)23-27-20-8-9-21(29-11-13-31-14-12-29)28-24(20)30(23)18-7-6-16-3-1-4-17(16)15-18;1-6(14)12-9-3-2-7(10(11)15)4-8(9)5-13/h2,5-10,15H,1,3-4,11-14H2,(H2,25,26);2-5H,1H3,(H2,11,15)(H,12,14). The van der Waals surface area contributed by atoms with Gasteiger partial charge in [0.2, 0.25) is 11.8 Å². The molecule has 4 heterocycles. The number of carbonyl (C=O) groups excluding carboxylic acids is 3. The van der Waals surface area contributed by atoms with Gasteiger partial charge in [0.1, 0.15) is 17.2 Å². The Balaban J connectivity index is 0.000000210. The third-order valence-corrected chi connectivity index (χ3v) is 8.02. The van der Waals surface area contributed by atoms with E-state index in [9.17, 15) is 14.4 Å². The average molecular weight is 619 g/mol. The van der Waals surface area contributed by atoms with E-state index in [-0.39, 0.29) is 17.0 Å². The van der Waals surface area contributed by atoms with Gasteiger partial charge in [-0.25, -0.2) is 15.0 Å². The molecule has 0 atom stereocenters. The molecule has 12 heteroatoms. The predicted octanol–water partition coefficient (Wildman–Crippen LogP) is 3.95. The fourth-order valence-electron chi connectivity index (χ4n) is 5.76. The van der Waals surface area contributed by atoms with Gasteiger partial charge in [-0.2, -0.15) is 0 Å². The molecule has 1 saturated heterocycles. The Morgan fingerprint density at radius 2 is 1.78 bits per heavy atom. The van der Waals surface area contributed by atoms with Crippen LogP contribution in [0, 0.1) is 0 Å². The number of aldehydes is 1. The zero-order valence-corrected chi connectivity index (χ0v) is 25.4. The number of hydrogen-bond acceptors (Lipinski definition) is 9. The van der Waals surface area contributed by atoms with Crippen LogP contribution < -0.4 is 21.7 Å². The van der Waals surface area contributed by atoms with Crippen LogP contribution in [0.2, 0.25) is 0 Å². The van der Waals surface area contributed by atoms with Crippen molar-refractivity contribution < 1.29 is 19.1 Å².